The van der Waals surface area contributed by atoms with Crippen molar-refractivity contribution >= 4 is 16.5 Å². The van der Waals surface area contributed by atoms with Crippen LogP contribution in [0.3, 0.4) is 0 Å². The van der Waals surface area contributed by atoms with Crippen LogP contribution in [0.2, 0.25) is 0 Å². The highest BCUT2D eigenvalue weighted by Gasteiger charge is 2.21. The topological polar surface area (TPSA) is 12.0 Å². The van der Waals surface area contributed by atoms with Crippen LogP contribution in [0.15, 0.2) is 42.5 Å². The summed E-state index contributed by atoms with van der Waals surface area (Å²) in [5.41, 5.74) is 1.31. The second-order valence-corrected chi connectivity index (χ2v) is 6.88. The second-order valence-electron chi connectivity index (χ2n) is 6.88. The van der Waals surface area contributed by atoms with Gasteiger partial charge in [0.05, 0.1) is 0 Å². The Morgan fingerprint density at radius 3 is 2.57 bits per heavy atom. The number of benzene rings is 2. The lowest BCUT2D eigenvalue weighted by molar-refractivity contribution is 0.341. The molecule has 0 heterocycles. The lowest BCUT2D eigenvalue weighted by Gasteiger charge is -2.20. The summed E-state index contributed by atoms with van der Waals surface area (Å²) in [7, 11) is 0. The molecule has 0 aliphatic heterocycles. The number of fused-ring (bicyclic) bond motifs is 1. The molecule has 1 fully saturated rings. The molecule has 0 spiro atoms. The van der Waals surface area contributed by atoms with Crippen LogP contribution in [0, 0.1) is 11.8 Å². The molecule has 112 valence electrons. The Kier molecular flexibility index (Phi) is 4.48. The van der Waals surface area contributed by atoms with E-state index in [4.69, 9.17) is 0 Å². The minimum Gasteiger partial charge on any atom is -0.382 e. The Balaban J connectivity index is 1.73. The normalized spacial score (nSPS) is 23.2. The molecule has 1 nitrogen and oxygen atoms in total. The van der Waals surface area contributed by atoms with E-state index in [0.29, 0.717) is 6.04 Å². The first-order valence-electron chi connectivity index (χ1n) is 8.48. The van der Waals surface area contributed by atoms with Gasteiger partial charge in [-0.2, -0.15) is 0 Å². The molecule has 0 aromatic heterocycles. The van der Waals surface area contributed by atoms with Gasteiger partial charge in [0.25, 0.3) is 0 Å². The Morgan fingerprint density at radius 2 is 1.71 bits per heavy atom. The minimum atomic E-state index is 0.638. The van der Waals surface area contributed by atoms with Gasteiger partial charge < -0.3 is 5.32 Å². The molecule has 21 heavy (non-hydrogen) atoms. The quantitative estimate of drug-likeness (QED) is 0.695. The molecule has 1 saturated carbocycles. The van der Waals surface area contributed by atoms with Crippen LogP contribution in [-0.2, 0) is 0 Å². The fourth-order valence-corrected chi connectivity index (χ4v) is 3.71. The van der Waals surface area contributed by atoms with Crippen molar-refractivity contribution in [3.05, 3.63) is 42.5 Å². The summed E-state index contributed by atoms with van der Waals surface area (Å²) in [6.07, 6.45) is 6.77. The van der Waals surface area contributed by atoms with Gasteiger partial charge in [0.1, 0.15) is 0 Å². The zero-order valence-corrected chi connectivity index (χ0v) is 13.3. The maximum Gasteiger partial charge on any atom is 0.0422 e. The van der Waals surface area contributed by atoms with Gasteiger partial charge in [-0.3, -0.25) is 0 Å². The summed E-state index contributed by atoms with van der Waals surface area (Å²) in [5.74, 6) is 1.76. The Labute approximate surface area is 128 Å². The lowest BCUT2D eigenvalue weighted by atomic mass is 9.89. The average molecular weight is 281 g/mol. The number of anilines is 1. The van der Waals surface area contributed by atoms with Crippen LogP contribution >= 0.6 is 0 Å². The van der Waals surface area contributed by atoms with Crippen molar-refractivity contribution in [3.8, 4) is 0 Å². The molecule has 2 atom stereocenters. The van der Waals surface area contributed by atoms with Gasteiger partial charge in [-0.15, -0.1) is 0 Å². The zero-order chi connectivity index (χ0) is 14.7. The Hall–Kier alpha value is -1.50. The van der Waals surface area contributed by atoms with Crippen LogP contribution in [0.1, 0.15) is 46.0 Å². The van der Waals surface area contributed by atoms with E-state index in [9.17, 15) is 0 Å². The molecular formula is C20H27N. The number of rotatable bonds is 3. The first-order chi connectivity index (χ1) is 10.2. The molecule has 0 amide bonds. The van der Waals surface area contributed by atoms with Crippen molar-refractivity contribution in [1.82, 2.24) is 0 Å². The van der Waals surface area contributed by atoms with E-state index in [-0.39, 0.29) is 0 Å². The number of hydrogen-bond donors (Lipinski definition) is 1. The molecule has 3 rings (SSSR count). The number of hydrogen-bond acceptors (Lipinski definition) is 1. The van der Waals surface area contributed by atoms with Gasteiger partial charge in [0.2, 0.25) is 0 Å². The summed E-state index contributed by atoms with van der Waals surface area (Å²) in [6.45, 7) is 4.76. The summed E-state index contributed by atoms with van der Waals surface area (Å²) >= 11 is 0. The van der Waals surface area contributed by atoms with Crippen molar-refractivity contribution in [2.45, 2.75) is 52.0 Å². The van der Waals surface area contributed by atoms with E-state index in [0.717, 1.165) is 11.8 Å². The average Bonchev–Trinajstić information content (AvgIpc) is 2.73. The number of nitrogens with one attached hydrogen (secondary N) is 1. The van der Waals surface area contributed by atoms with E-state index in [1.54, 1.807) is 0 Å². The zero-order valence-electron chi connectivity index (χ0n) is 13.3. The van der Waals surface area contributed by atoms with Crippen molar-refractivity contribution < 1.29 is 0 Å². The summed E-state index contributed by atoms with van der Waals surface area (Å²) < 4.78 is 0. The van der Waals surface area contributed by atoms with Crippen LogP contribution in [0.5, 0.6) is 0 Å². The molecule has 1 N–H and O–H groups in total. The third-order valence-electron chi connectivity index (χ3n) is 5.11. The molecule has 1 aliphatic rings. The molecule has 2 aromatic carbocycles. The smallest absolute Gasteiger partial charge is 0.0422 e. The highest BCUT2D eigenvalue weighted by molar-refractivity contribution is 5.93. The summed E-state index contributed by atoms with van der Waals surface area (Å²) in [5, 5.41) is 6.50. The molecule has 0 radical (unpaired) electrons. The first-order valence-corrected chi connectivity index (χ1v) is 8.48. The fraction of sp³-hybridized carbons (Fsp3) is 0.500. The third kappa shape index (κ3) is 3.40. The molecule has 0 saturated heterocycles. The highest BCUT2D eigenvalue weighted by atomic mass is 14.9. The highest BCUT2D eigenvalue weighted by Crippen LogP contribution is 2.31. The van der Waals surface area contributed by atoms with Gasteiger partial charge >= 0.3 is 0 Å². The first kappa shape index (κ1) is 14.4. The van der Waals surface area contributed by atoms with Gasteiger partial charge in [-0.05, 0) is 42.6 Å². The third-order valence-corrected chi connectivity index (χ3v) is 5.11. The van der Waals surface area contributed by atoms with Crippen molar-refractivity contribution in [3.63, 3.8) is 0 Å². The van der Waals surface area contributed by atoms with Crippen LogP contribution in [0.4, 0.5) is 5.69 Å². The maximum atomic E-state index is 3.82. The predicted octanol–water partition coefficient (Wildman–Crippen LogP) is 5.86. The molecule has 0 bridgehead atoms. The van der Waals surface area contributed by atoms with E-state index in [1.807, 2.05) is 0 Å². The van der Waals surface area contributed by atoms with Crippen LogP contribution in [-0.4, -0.2) is 6.04 Å². The monoisotopic (exact) mass is 281 g/mol. The largest absolute Gasteiger partial charge is 0.382 e. The van der Waals surface area contributed by atoms with Gasteiger partial charge in [-0.1, -0.05) is 63.1 Å². The van der Waals surface area contributed by atoms with E-state index >= 15 is 0 Å². The Morgan fingerprint density at radius 1 is 0.905 bits per heavy atom. The van der Waals surface area contributed by atoms with E-state index < -0.39 is 0 Å². The maximum absolute atomic E-state index is 3.82. The predicted molar refractivity (Wildman–Crippen MR) is 92.8 cm³/mol. The van der Waals surface area contributed by atoms with E-state index in [2.05, 4.69) is 61.6 Å². The standard InChI is InChI=1S/C20H27N/c1-15(2)16-8-5-10-18(14-13-16)21-20-12-6-9-17-7-3-4-11-19(17)20/h3-4,6-7,9,11-12,15-16,18,21H,5,8,10,13-14H2,1-2H3. The second kappa shape index (κ2) is 6.51. The van der Waals surface area contributed by atoms with Crippen molar-refractivity contribution in [2.24, 2.45) is 11.8 Å². The van der Waals surface area contributed by atoms with Crippen LogP contribution in [0.25, 0.3) is 10.8 Å². The molecular weight excluding hydrogens is 254 g/mol. The van der Waals surface area contributed by atoms with Gasteiger partial charge in [0, 0.05) is 17.1 Å². The van der Waals surface area contributed by atoms with E-state index in [1.165, 1.54) is 48.6 Å². The minimum absolute atomic E-state index is 0.638. The van der Waals surface area contributed by atoms with Crippen molar-refractivity contribution in [2.75, 3.05) is 5.32 Å². The van der Waals surface area contributed by atoms with Crippen molar-refractivity contribution in [1.29, 1.82) is 0 Å². The van der Waals surface area contributed by atoms with Gasteiger partial charge in [0.15, 0.2) is 0 Å². The molecule has 2 aromatic rings. The summed E-state index contributed by atoms with van der Waals surface area (Å²) in [6, 6.07) is 15.9. The SMILES string of the molecule is CC(C)C1CCCC(Nc2cccc3ccccc23)CC1. The van der Waals surface area contributed by atoms with Crippen LogP contribution < -0.4 is 5.32 Å². The summed E-state index contributed by atoms with van der Waals surface area (Å²) in [4.78, 5) is 0. The fourth-order valence-electron chi connectivity index (χ4n) is 3.71. The molecule has 1 aliphatic carbocycles. The Bertz CT molecular complexity index is 582. The lowest BCUT2D eigenvalue weighted by Crippen LogP contribution is -2.19. The molecule has 2 unspecified atom stereocenters. The van der Waals surface area contributed by atoms with Gasteiger partial charge in [-0.25, -0.2) is 0 Å². The molecule has 1 heteroatoms.